The van der Waals surface area contributed by atoms with Crippen LogP contribution in [0.4, 0.5) is 11.4 Å². The highest BCUT2D eigenvalue weighted by atomic mass is 35.5. The number of anilines is 1. The average molecular weight is 482 g/mol. The Labute approximate surface area is 194 Å². The number of nitrogens with one attached hydrogen (secondary N) is 1. The first-order chi connectivity index (χ1) is 14.9. The summed E-state index contributed by atoms with van der Waals surface area (Å²) in [6, 6.07) is 15.1. The van der Waals surface area contributed by atoms with Crippen molar-refractivity contribution in [3.8, 4) is 11.5 Å². The van der Waals surface area contributed by atoms with Crippen LogP contribution in [0.2, 0.25) is 15.1 Å². The van der Waals surface area contributed by atoms with Crippen molar-refractivity contribution in [1.29, 1.82) is 0 Å². The normalized spacial score (nSPS) is 10.6. The zero-order valence-corrected chi connectivity index (χ0v) is 18.8. The summed E-state index contributed by atoms with van der Waals surface area (Å²) in [6.07, 6.45) is 0. The Bertz CT molecular complexity index is 1080. The van der Waals surface area contributed by atoms with Gasteiger partial charge >= 0.3 is 0 Å². The number of halogens is 3. The highest BCUT2D eigenvalue weighted by Gasteiger charge is 2.14. The quantitative estimate of drug-likeness (QED) is 0.259. The van der Waals surface area contributed by atoms with E-state index in [-0.39, 0.29) is 12.3 Å². The van der Waals surface area contributed by atoms with Crippen LogP contribution in [0.15, 0.2) is 54.6 Å². The molecule has 0 radical (unpaired) electrons. The van der Waals surface area contributed by atoms with Gasteiger partial charge in [0, 0.05) is 24.4 Å². The second-order valence-electron chi connectivity index (χ2n) is 6.53. The standard InChI is InChI=1S/C22H19Cl3N2O4/c1-2-30-21-10-15(12-26-16-5-8-18(23)19(24)11-16)9-20(25)22(21)31-13-14-3-6-17(7-4-14)27(28)29/h3-11,26H,2,12-13H2,1H3. The molecule has 0 fully saturated rings. The van der Waals surface area contributed by atoms with Crippen molar-refractivity contribution in [2.75, 3.05) is 11.9 Å². The topological polar surface area (TPSA) is 73.6 Å². The van der Waals surface area contributed by atoms with E-state index in [0.717, 1.165) is 16.8 Å². The molecule has 0 amide bonds. The molecule has 0 heterocycles. The molecule has 6 nitrogen and oxygen atoms in total. The van der Waals surface area contributed by atoms with Gasteiger partial charge in [0.2, 0.25) is 0 Å². The minimum atomic E-state index is -0.445. The number of hydrogen-bond donors (Lipinski definition) is 1. The lowest BCUT2D eigenvalue weighted by Crippen LogP contribution is -2.04. The van der Waals surface area contributed by atoms with Gasteiger partial charge in [-0.05, 0) is 60.5 Å². The van der Waals surface area contributed by atoms with E-state index in [1.54, 1.807) is 30.3 Å². The van der Waals surface area contributed by atoms with Crippen molar-refractivity contribution in [2.45, 2.75) is 20.1 Å². The SMILES string of the molecule is CCOc1cc(CNc2ccc(Cl)c(Cl)c2)cc(Cl)c1OCc1ccc([N+](=O)[O-])cc1. The van der Waals surface area contributed by atoms with E-state index in [1.165, 1.54) is 12.1 Å². The summed E-state index contributed by atoms with van der Waals surface area (Å²) < 4.78 is 11.6. The van der Waals surface area contributed by atoms with Gasteiger partial charge < -0.3 is 14.8 Å². The third kappa shape index (κ3) is 6.17. The zero-order chi connectivity index (χ0) is 22.4. The van der Waals surface area contributed by atoms with E-state index in [1.807, 2.05) is 19.1 Å². The molecule has 0 aliphatic carbocycles. The first-order valence-electron chi connectivity index (χ1n) is 9.37. The van der Waals surface area contributed by atoms with Gasteiger partial charge in [0.25, 0.3) is 5.69 Å². The minimum absolute atomic E-state index is 0.0237. The zero-order valence-electron chi connectivity index (χ0n) is 16.5. The van der Waals surface area contributed by atoms with Gasteiger partial charge in [-0.2, -0.15) is 0 Å². The molecule has 3 rings (SSSR count). The van der Waals surface area contributed by atoms with Gasteiger partial charge in [0.1, 0.15) is 6.61 Å². The Morgan fingerprint density at radius 3 is 2.29 bits per heavy atom. The Hall–Kier alpha value is -2.67. The van der Waals surface area contributed by atoms with Gasteiger partial charge in [0.15, 0.2) is 11.5 Å². The number of non-ortho nitro benzene ring substituents is 1. The van der Waals surface area contributed by atoms with Gasteiger partial charge in [-0.15, -0.1) is 0 Å². The molecule has 3 aromatic rings. The second-order valence-corrected chi connectivity index (χ2v) is 7.75. The minimum Gasteiger partial charge on any atom is -0.490 e. The molecule has 0 bridgehead atoms. The first kappa shape index (κ1) is 23.0. The van der Waals surface area contributed by atoms with E-state index in [0.29, 0.717) is 39.7 Å². The molecule has 9 heteroatoms. The molecule has 0 saturated heterocycles. The summed E-state index contributed by atoms with van der Waals surface area (Å²) in [5, 5.41) is 15.4. The van der Waals surface area contributed by atoms with E-state index in [2.05, 4.69) is 5.32 Å². The Balaban J connectivity index is 1.73. The number of rotatable bonds is 9. The van der Waals surface area contributed by atoms with Crippen molar-refractivity contribution < 1.29 is 14.4 Å². The van der Waals surface area contributed by atoms with Crippen LogP contribution in [-0.2, 0) is 13.2 Å². The van der Waals surface area contributed by atoms with E-state index in [9.17, 15) is 10.1 Å². The molecule has 0 atom stereocenters. The molecule has 0 aromatic heterocycles. The summed E-state index contributed by atoms with van der Waals surface area (Å²) in [6.45, 7) is 2.99. The monoisotopic (exact) mass is 480 g/mol. The van der Waals surface area contributed by atoms with Crippen LogP contribution in [-0.4, -0.2) is 11.5 Å². The predicted molar refractivity (Wildman–Crippen MR) is 124 cm³/mol. The van der Waals surface area contributed by atoms with Gasteiger partial charge in [-0.1, -0.05) is 34.8 Å². The number of nitro benzene ring substituents is 1. The smallest absolute Gasteiger partial charge is 0.269 e. The van der Waals surface area contributed by atoms with E-state index < -0.39 is 4.92 Å². The lowest BCUT2D eigenvalue weighted by molar-refractivity contribution is -0.384. The van der Waals surface area contributed by atoms with Crippen molar-refractivity contribution in [3.63, 3.8) is 0 Å². The Morgan fingerprint density at radius 2 is 1.65 bits per heavy atom. The average Bonchev–Trinajstić information content (AvgIpc) is 2.74. The molecule has 1 N–H and O–H groups in total. The fourth-order valence-electron chi connectivity index (χ4n) is 2.81. The van der Waals surface area contributed by atoms with Crippen LogP contribution in [0.5, 0.6) is 11.5 Å². The third-order valence-electron chi connectivity index (χ3n) is 4.32. The van der Waals surface area contributed by atoms with Crippen molar-refractivity contribution in [1.82, 2.24) is 0 Å². The van der Waals surface area contributed by atoms with Gasteiger partial charge in [-0.25, -0.2) is 0 Å². The highest BCUT2D eigenvalue weighted by molar-refractivity contribution is 6.42. The Morgan fingerprint density at radius 1 is 0.903 bits per heavy atom. The highest BCUT2D eigenvalue weighted by Crippen LogP contribution is 2.37. The number of nitro groups is 1. The van der Waals surface area contributed by atoms with Crippen LogP contribution in [0.25, 0.3) is 0 Å². The summed E-state index contributed by atoms with van der Waals surface area (Å²) >= 11 is 18.5. The summed E-state index contributed by atoms with van der Waals surface area (Å²) in [5.74, 6) is 0.933. The molecule has 0 aliphatic heterocycles. The number of hydrogen-bond acceptors (Lipinski definition) is 5. The molecular weight excluding hydrogens is 463 g/mol. The lowest BCUT2D eigenvalue weighted by Gasteiger charge is -2.16. The largest absolute Gasteiger partial charge is 0.490 e. The molecule has 0 saturated carbocycles. The summed E-state index contributed by atoms with van der Waals surface area (Å²) in [7, 11) is 0. The lowest BCUT2D eigenvalue weighted by atomic mass is 10.2. The fourth-order valence-corrected chi connectivity index (χ4v) is 3.39. The maximum atomic E-state index is 10.8. The van der Waals surface area contributed by atoms with Crippen molar-refractivity contribution >= 4 is 46.2 Å². The molecular formula is C22H19Cl3N2O4. The Kier molecular flexibility index (Phi) is 7.85. The van der Waals surface area contributed by atoms with E-state index in [4.69, 9.17) is 44.3 Å². The predicted octanol–water partition coefficient (Wildman–Crippen LogP) is 7.14. The fraction of sp³-hybridized carbons (Fsp3) is 0.182. The summed E-state index contributed by atoms with van der Waals surface area (Å²) in [5.41, 5.74) is 2.51. The maximum Gasteiger partial charge on any atom is 0.269 e. The molecule has 3 aromatic carbocycles. The van der Waals surface area contributed by atoms with Crippen LogP contribution >= 0.6 is 34.8 Å². The van der Waals surface area contributed by atoms with Crippen LogP contribution in [0.3, 0.4) is 0 Å². The van der Waals surface area contributed by atoms with Gasteiger partial charge in [0.05, 0.1) is 26.6 Å². The third-order valence-corrected chi connectivity index (χ3v) is 5.34. The number of benzene rings is 3. The number of nitrogens with zero attached hydrogens (tertiary/aromatic N) is 1. The maximum absolute atomic E-state index is 10.8. The van der Waals surface area contributed by atoms with Crippen molar-refractivity contribution in [2.24, 2.45) is 0 Å². The van der Waals surface area contributed by atoms with Crippen LogP contribution in [0, 0.1) is 10.1 Å². The second kappa shape index (κ2) is 10.6. The van der Waals surface area contributed by atoms with Gasteiger partial charge in [-0.3, -0.25) is 10.1 Å². The first-order valence-corrected chi connectivity index (χ1v) is 10.5. The molecule has 31 heavy (non-hydrogen) atoms. The molecule has 0 aliphatic rings. The molecule has 0 unspecified atom stereocenters. The summed E-state index contributed by atoms with van der Waals surface area (Å²) in [4.78, 5) is 10.3. The van der Waals surface area contributed by atoms with Crippen LogP contribution < -0.4 is 14.8 Å². The molecule has 162 valence electrons. The molecule has 0 spiro atoms. The number of ether oxygens (including phenoxy) is 2. The van der Waals surface area contributed by atoms with Crippen molar-refractivity contribution in [3.05, 3.63) is 90.9 Å². The van der Waals surface area contributed by atoms with Crippen LogP contribution in [0.1, 0.15) is 18.1 Å². The van der Waals surface area contributed by atoms with E-state index >= 15 is 0 Å².